The van der Waals surface area contributed by atoms with Crippen LogP contribution in [-0.2, 0) is 12.8 Å². The zero-order chi connectivity index (χ0) is 12.4. The maximum atomic E-state index is 4.56. The summed E-state index contributed by atoms with van der Waals surface area (Å²) in [7, 11) is 0. The molecule has 0 unspecified atom stereocenters. The van der Waals surface area contributed by atoms with Crippen LogP contribution in [0.15, 0.2) is 36.7 Å². The van der Waals surface area contributed by atoms with Crippen molar-refractivity contribution in [2.45, 2.75) is 19.8 Å². The van der Waals surface area contributed by atoms with Crippen molar-refractivity contribution in [3.8, 4) is 0 Å². The predicted octanol–water partition coefficient (Wildman–Crippen LogP) is 2.39. The molecular formula is C15H17N3. The molecule has 18 heavy (non-hydrogen) atoms. The van der Waals surface area contributed by atoms with Gasteiger partial charge in [-0.25, -0.2) is 4.98 Å². The van der Waals surface area contributed by atoms with Crippen LogP contribution in [-0.4, -0.2) is 23.1 Å². The number of hydrogen-bond donors (Lipinski definition) is 0. The van der Waals surface area contributed by atoms with E-state index in [1.54, 1.807) is 6.20 Å². The molecule has 0 N–H and O–H groups in total. The number of nitrogens with zero attached hydrogens (tertiary/aromatic N) is 3. The van der Waals surface area contributed by atoms with Crippen molar-refractivity contribution >= 4 is 5.82 Å². The van der Waals surface area contributed by atoms with E-state index < -0.39 is 0 Å². The fourth-order valence-electron chi connectivity index (χ4n) is 2.50. The maximum Gasteiger partial charge on any atom is 0.147 e. The van der Waals surface area contributed by atoms with Crippen molar-refractivity contribution in [2.24, 2.45) is 0 Å². The number of aromatic nitrogens is 2. The summed E-state index contributed by atoms with van der Waals surface area (Å²) in [5, 5.41) is 0. The third kappa shape index (κ3) is 2.21. The molecule has 3 heteroatoms. The van der Waals surface area contributed by atoms with E-state index in [-0.39, 0.29) is 0 Å². The van der Waals surface area contributed by atoms with Gasteiger partial charge in [0.1, 0.15) is 5.82 Å². The summed E-state index contributed by atoms with van der Waals surface area (Å²) < 4.78 is 0. The molecule has 0 amide bonds. The van der Waals surface area contributed by atoms with Gasteiger partial charge in [-0.1, -0.05) is 24.3 Å². The molecule has 3 nitrogen and oxygen atoms in total. The Morgan fingerprint density at radius 1 is 1.00 bits per heavy atom. The van der Waals surface area contributed by atoms with Crippen LogP contribution in [0.2, 0.25) is 0 Å². The molecule has 0 radical (unpaired) electrons. The van der Waals surface area contributed by atoms with Crippen molar-refractivity contribution in [1.82, 2.24) is 9.97 Å². The number of aryl methyl sites for hydroxylation is 1. The Bertz CT molecular complexity index is 524. The fraction of sp³-hybridized carbons (Fsp3) is 0.333. The first-order valence-corrected chi connectivity index (χ1v) is 6.43. The van der Waals surface area contributed by atoms with E-state index in [0.29, 0.717) is 0 Å². The minimum Gasteiger partial charge on any atom is -0.355 e. The summed E-state index contributed by atoms with van der Waals surface area (Å²) in [6, 6.07) is 8.73. The molecular weight excluding hydrogens is 222 g/mol. The quantitative estimate of drug-likeness (QED) is 0.765. The second-order valence-corrected chi connectivity index (χ2v) is 4.77. The molecule has 1 aliphatic rings. The predicted molar refractivity (Wildman–Crippen MR) is 72.8 cm³/mol. The Hall–Kier alpha value is -1.90. The van der Waals surface area contributed by atoms with Gasteiger partial charge in [0.25, 0.3) is 0 Å². The molecule has 2 heterocycles. The van der Waals surface area contributed by atoms with E-state index in [9.17, 15) is 0 Å². The Morgan fingerprint density at radius 2 is 1.67 bits per heavy atom. The fourth-order valence-corrected chi connectivity index (χ4v) is 2.50. The van der Waals surface area contributed by atoms with Gasteiger partial charge in [0.2, 0.25) is 0 Å². The first-order valence-electron chi connectivity index (χ1n) is 6.43. The number of hydrogen-bond acceptors (Lipinski definition) is 3. The van der Waals surface area contributed by atoms with E-state index in [0.717, 1.165) is 37.4 Å². The van der Waals surface area contributed by atoms with E-state index in [1.165, 1.54) is 11.1 Å². The van der Waals surface area contributed by atoms with Crippen molar-refractivity contribution in [3.63, 3.8) is 0 Å². The Kier molecular flexibility index (Phi) is 2.97. The summed E-state index contributed by atoms with van der Waals surface area (Å²) in [5.41, 5.74) is 3.93. The van der Waals surface area contributed by atoms with E-state index in [4.69, 9.17) is 0 Å². The van der Waals surface area contributed by atoms with Crippen LogP contribution in [0.5, 0.6) is 0 Å². The number of anilines is 1. The van der Waals surface area contributed by atoms with Crippen LogP contribution in [0, 0.1) is 6.92 Å². The average molecular weight is 239 g/mol. The van der Waals surface area contributed by atoms with Gasteiger partial charge in [-0.05, 0) is 30.9 Å². The molecule has 0 bridgehead atoms. The van der Waals surface area contributed by atoms with Gasteiger partial charge in [-0.2, -0.15) is 0 Å². The second kappa shape index (κ2) is 4.77. The lowest BCUT2D eigenvalue weighted by Gasteiger charge is -2.21. The molecule has 0 aliphatic carbocycles. The van der Waals surface area contributed by atoms with Gasteiger partial charge in [-0.3, -0.25) is 4.98 Å². The molecule has 1 aromatic heterocycles. The van der Waals surface area contributed by atoms with Crippen LogP contribution in [0.3, 0.4) is 0 Å². The molecule has 2 aromatic rings. The summed E-state index contributed by atoms with van der Waals surface area (Å²) in [6.07, 6.45) is 5.84. The Balaban J connectivity index is 1.83. The summed E-state index contributed by atoms with van der Waals surface area (Å²) in [5.74, 6) is 1.00. The molecule has 0 spiro atoms. The van der Waals surface area contributed by atoms with Gasteiger partial charge in [0, 0.05) is 19.3 Å². The first kappa shape index (κ1) is 11.2. The van der Waals surface area contributed by atoms with Crippen LogP contribution >= 0.6 is 0 Å². The number of benzene rings is 1. The lowest BCUT2D eigenvalue weighted by atomic mass is 10.0. The van der Waals surface area contributed by atoms with Crippen LogP contribution < -0.4 is 4.90 Å². The van der Waals surface area contributed by atoms with E-state index in [2.05, 4.69) is 39.1 Å². The smallest absolute Gasteiger partial charge is 0.147 e. The highest BCUT2D eigenvalue weighted by atomic mass is 15.2. The molecule has 3 rings (SSSR count). The van der Waals surface area contributed by atoms with Crippen LogP contribution in [0.1, 0.15) is 16.8 Å². The van der Waals surface area contributed by atoms with Gasteiger partial charge in [0.05, 0.1) is 11.9 Å². The SMILES string of the molecule is Cc1cncc(N2CCc3ccccc3CC2)n1. The minimum absolute atomic E-state index is 0.981. The lowest BCUT2D eigenvalue weighted by Crippen LogP contribution is -2.27. The van der Waals surface area contributed by atoms with Crippen molar-refractivity contribution in [2.75, 3.05) is 18.0 Å². The molecule has 0 saturated carbocycles. The molecule has 0 fully saturated rings. The summed E-state index contributed by atoms with van der Waals surface area (Å²) in [6.45, 7) is 4.04. The zero-order valence-corrected chi connectivity index (χ0v) is 10.6. The summed E-state index contributed by atoms with van der Waals surface area (Å²) in [4.78, 5) is 11.1. The normalized spacial score (nSPS) is 15.1. The average Bonchev–Trinajstić information content (AvgIpc) is 2.61. The molecule has 92 valence electrons. The van der Waals surface area contributed by atoms with Gasteiger partial charge >= 0.3 is 0 Å². The number of rotatable bonds is 1. The Morgan fingerprint density at radius 3 is 2.28 bits per heavy atom. The minimum atomic E-state index is 0.981. The standard InChI is InChI=1S/C15H17N3/c1-12-10-16-11-15(17-12)18-8-6-13-4-2-3-5-14(13)7-9-18/h2-5,10-11H,6-9H2,1H3. The highest BCUT2D eigenvalue weighted by Gasteiger charge is 2.14. The van der Waals surface area contributed by atoms with Crippen LogP contribution in [0.4, 0.5) is 5.82 Å². The molecule has 1 aliphatic heterocycles. The van der Waals surface area contributed by atoms with Gasteiger partial charge < -0.3 is 4.90 Å². The summed E-state index contributed by atoms with van der Waals surface area (Å²) >= 11 is 0. The van der Waals surface area contributed by atoms with Crippen molar-refractivity contribution < 1.29 is 0 Å². The monoisotopic (exact) mass is 239 g/mol. The highest BCUT2D eigenvalue weighted by molar-refractivity contribution is 5.40. The number of fused-ring (bicyclic) bond motifs is 1. The Labute approximate surface area is 108 Å². The van der Waals surface area contributed by atoms with E-state index in [1.807, 2.05) is 13.1 Å². The van der Waals surface area contributed by atoms with Crippen LogP contribution in [0.25, 0.3) is 0 Å². The lowest BCUT2D eigenvalue weighted by molar-refractivity contribution is 0.784. The second-order valence-electron chi connectivity index (χ2n) is 4.77. The van der Waals surface area contributed by atoms with Crippen molar-refractivity contribution in [3.05, 3.63) is 53.5 Å². The molecule has 1 aromatic carbocycles. The van der Waals surface area contributed by atoms with Crippen molar-refractivity contribution in [1.29, 1.82) is 0 Å². The highest BCUT2D eigenvalue weighted by Crippen LogP contribution is 2.19. The van der Waals surface area contributed by atoms with E-state index >= 15 is 0 Å². The third-order valence-corrected chi connectivity index (χ3v) is 3.49. The van der Waals surface area contributed by atoms with Gasteiger partial charge in [-0.15, -0.1) is 0 Å². The first-order chi connectivity index (χ1) is 8.83. The van der Waals surface area contributed by atoms with Gasteiger partial charge in [0.15, 0.2) is 0 Å². The third-order valence-electron chi connectivity index (χ3n) is 3.49. The zero-order valence-electron chi connectivity index (χ0n) is 10.6. The topological polar surface area (TPSA) is 29.0 Å². The largest absolute Gasteiger partial charge is 0.355 e. The maximum absolute atomic E-state index is 4.56. The molecule has 0 atom stereocenters. The molecule has 0 saturated heterocycles.